The standard InChI is InChI=1S/C8H9NO5/c10-5(8(12)13)4-9-7(11)6-2-1-3-14-6/h1-3,5,10H,4H2,(H,9,11)(H,12,13). The zero-order chi connectivity index (χ0) is 10.6. The molecule has 1 aromatic heterocycles. The molecule has 1 unspecified atom stereocenters. The molecule has 0 saturated heterocycles. The summed E-state index contributed by atoms with van der Waals surface area (Å²) in [7, 11) is 0. The van der Waals surface area contributed by atoms with Gasteiger partial charge in [-0.1, -0.05) is 0 Å². The van der Waals surface area contributed by atoms with Gasteiger partial charge < -0.3 is 19.9 Å². The Labute approximate surface area is 79.1 Å². The summed E-state index contributed by atoms with van der Waals surface area (Å²) in [5.41, 5.74) is 0. The molecule has 0 saturated carbocycles. The summed E-state index contributed by atoms with van der Waals surface area (Å²) in [6.07, 6.45) is -0.281. The van der Waals surface area contributed by atoms with Crippen LogP contribution in [0.3, 0.4) is 0 Å². The summed E-state index contributed by atoms with van der Waals surface area (Å²) in [5.74, 6) is -1.87. The van der Waals surface area contributed by atoms with Crippen LogP contribution in [0.1, 0.15) is 10.6 Å². The number of carbonyl (C=O) groups excluding carboxylic acids is 1. The lowest BCUT2D eigenvalue weighted by molar-refractivity contribution is -0.146. The molecular weight excluding hydrogens is 190 g/mol. The average molecular weight is 199 g/mol. The van der Waals surface area contributed by atoms with E-state index in [-0.39, 0.29) is 12.3 Å². The van der Waals surface area contributed by atoms with Crippen LogP contribution in [0.5, 0.6) is 0 Å². The number of furan rings is 1. The number of carboxylic acid groups (broad SMARTS) is 1. The first-order valence-electron chi connectivity index (χ1n) is 3.84. The fourth-order valence-electron chi connectivity index (χ4n) is 0.772. The maximum absolute atomic E-state index is 11.1. The second-order valence-electron chi connectivity index (χ2n) is 2.54. The SMILES string of the molecule is O=C(NCC(O)C(=O)O)c1ccco1. The van der Waals surface area contributed by atoms with Crippen LogP contribution in [0.15, 0.2) is 22.8 Å². The molecule has 0 bridgehead atoms. The van der Waals surface area contributed by atoms with Crippen molar-refractivity contribution in [3.8, 4) is 0 Å². The van der Waals surface area contributed by atoms with Gasteiger partial charge in [-0.3, -0.25) is 4.79 Å². The van der Waals surface area contributed by atoms with Crippen LogP contribution in [0, 0.1) is 0 Å². The lowest BCUT2D eigenvalue weighted by Crippen LogP contribution is -2.36. The molecule has 0 aliphatic rings. The Bertz CT molecular complexity index is 318. The molecule has 1 amide bonds. The van der Waals surface area contributed by atoms with Crippen molar-refractivity contribution in [3.63, 3.8) is 0 Å². The van der Waals surface area contributed by atoms with Gasteiger partial charge in [0.05, 0.1) is 12.8 Å². The average Bonchev–Trinajstić information content (AvgIpc) is 2.66. The summed E-state index contributed by atoms with van der Waals surface area (Å²) < 4.78 is 4.75. The first-order chi connectivity index (χ1) is 6.61. The van der Waals surface area contributed by atoms with Crippen LogP contribution >= 0.6 is 0 Å². The quantitative estimate of drug-likeness (QED) is 0.604. The molecule has 0 aliphatic heterocycles. The van der Waals surface area contributed by atoms with Gasteiger partial charge in [0.2, 0.25) is 0 Å². The Morgan fingerprint density at radius 3 is 2.79 bits per heavy atom. The third-order valence-electron chi connectivity index (χ3n) is 1.49. The predicted molar refractivity (Wildman–Crippen MR) is 44.7 cm³/mol. The number of hydrogen-bond acceptors (Lipinski definition) is 4. The minimum absolute atomic E-state index is 0.0718. The lowest BCUT2D eigenvalue weighted by Gasteiger charge is -2.05. The van der Waals surface area contributed by atoms with Crippen LogP contribution in [0.4, 0.5) is 0 Å². The van der Waals surface area contributed by atoms with Gasteiger partial charge in [0.15, 0.2) is 11.9 Å². The smallest absolute Gasteiger partial charge is 0.334 e. The van der Waals surface area contributed by atoms with E-state index in [0.717, 1.165) is 0 Å². The van der Waals surface area contributed by atoms with Gasteiger partial charge in [-0.15, -0.1) is 0 Å². The summed E-state index contributed by atoms with van der Waals surface area (Å²) in [4.78, 5) is 21.3. The Morgan fingerprint density at radius 2 is 2.29 bits per heavy atom. The van der Waals surface area contributed by atoms with Crippen LogP contribution in [-0.2, 0) is 4.79 Å². The topological polar surface area (TPSA) is 99.8 Å². The second-order valence-corrected chi connectivity index (χ2v) is 2.54. The van der Waals surface area contributed by atoms with Crippen molar-refractivity contribution in [1.82, 2.24) is 5.32 Å². The lowest BCUT2D eigenvalue weighted by atomic mass is 10.3. The number of nitrogens with one attached hydrogen (secondary N) is 1. The second kappa shape index (κ2) is 4.43. The minimum atomic E-state index is -1.60. The summed E-state index contributed by atoms with van der Waals surface area (Å²) >= 11 is 0. The van der Waals surface area contributed by atoms with Crippen molar-refractivity contribution < 1.29 is 24.2 Å². The van der Waals surface area contributed by atoms with Crippen LogP contribution in [0.2, 0.25) is 0 Å². The molecule has 1 rings (SSSR count). The van der Waals surface area contributed by atoms with E-state index in [2.05, 4.69) is 5.32 Å². The molecular formula is C8H9NO5. The zero-order valence-electron chi connectivity index (χ0n) is 7.14. The number of rotatable bonds is 4. The summed E-state index contributed by atoms with van der Waals surface area (Å²) in [6, 6.07) is 2.96. The van der Waals surface area contributed by atoms with Gasteiger partial charge in [0.1, 0.15) is 0 Å². The van der Waals surface area contributed by atoms with Gasteiger partial charge in [0.25, 0.3) is 5.91 Å². The van der Waals surface area contributed by atoms with E-state index < -0.39 is 18.0 Å². The molecule has 6 heteroatoms. The van der Waals surface area contributed by atoms with Crippen molar-refractivity contribution in [3.05, 3.63) is 24.2 Å². The van der Waals surface area contributed by atoms with E-state index in [0.29, 0.717) is 0 Å². The number of aliphatic hydroxyl groups excluding tert-OH is 1. The first kappa shape index (κ1) is 10.3. The highest BCUT2D eigenvalue weighted by Crippen LogP contribution is 1.98. The molecule has 0 spiro atoms. The molecule has 1 aromatic rings. The van der Waals surface area contributed by atoms with Crippen molar-refractivity contribution >= 4 is 11.9 Å². The number of carbonyl (C=O) groups is 2. The summed E-state index contributed by atoms with van der Waals surface area (Å²) in [6.45, 7) is -0.352. The third-order valence-corrected chi connectivity index (χ3v) is 1.49. The maximum atomic E-state index is 11.1. The van der Waals surface area contributed by atoms with E-state index in [1.54, 1.807) is 0 Å². The number of hydrogen-bond donors (Lipinski definition) is 3. The monoisotopic (exact) mass is 199 g/mol. The van der Waals surface area contributed by atoms with E-state index in [9.17, 15) is 9.59 Å². The molecule has 1 atom stereocenters. The maximum Gasteiger partial charge on any atom is 0.334 e. The Morgan fingerprint density at radius 1 is 1.57 bits per heavy atom. The molecule has 0 aliphatic carbocycles. The van der Waals surface area contributed by atoms with Crippen molar-refractivity contribution in [2.75, 3.05) is 6.54 Å². The predicted octanol–water partition coefficient (Wildman–Crippen LogP) is -0.545. The fraction of sp³-hybridized carbons (Fsp3) is 0.250. The zero-order valence-corrected chi connectivity index (χ0v) is 7.14. The van der Waals surface area contributed by atoms with E-state index in [1.165, 1.54) is 18.4 Å². The number of aliphatic carboxylic acids is 1. The van der Waals surface area contributed by atoms with E-state index in [1.807, 2.05) is 0 Å². The Hall–Kier alpha value is -1.82. The molecule has 0 aromatic carbocycles. The van der Waals surface area contributed by atoms with Crippen LogP contribution in [0.25, 0.3) is 0 Å². The molecule has 6 nitrogen and oxygen atoms in total. The van der Waals surface area contributed by atoms with Crippen molar-refractivity contribution in [2.45, 2.75) is 6.10 Å². The van der Waals surface area contributed by atoms with E-state index in [4.69, 9.17) is 14.6 Å². The number of amides is 1. The minimum Gasteiger partial charge on any atom is -0.479 e. The van der Waals surface area contributed by atoms with Crippen LogP contribution < -0.4 is 5.32 Å². The molecule has 0 radical (unpaired) electrons. The van der Waals surface area contributed by atoms with Crippen molar-refractivity contribution in [1.29, 1.82) is 0 Å². The molecule has 76 valence electrons. The first-order valence-corrected chi connectivity index (χ1v) is 3.84. The third kappa shape index (κ3) is 2.60. The van der Waals surface area contributed by atoms with Crippen LogP contribution in [-0.4, -0.2) is 34.7 Å². The highest BCUT2D eigenvalue weighted by Gasteiger charge is 2.15. The normalized spacial score (nSPS) is 12.1. The molecule has 3 N–H and O–H groups in total. The molecule has 1 heterocycles. The number of carboxylic acids is 1. The summed E-state index contributed by atoms with van der Waals surface area (Å²) in [5, 5.41) is 19.3. The van der Waals surface area contributed by atoms with E-state index >= 15 is 0 Å². The van der Waals surface area contributed by atoms with Gasteiger partial charge >= 0.3 is 5.97 Å². The highest BCUT2D eigenvalue weighted by atomic mass is 16.4. The molecule has 14 heavy (non-hydrogen) atoms. The van der Waals surface area contributed by atoms with Gasteiger partial charge in [-0.25, -0.2) is 4.79 Å². The Kier molecular flexibility index (Phi) is 3.24. The number of aliphatic hydroxyl groups is 1. The fourth-order valence-corrected chi connectivity index (χ4v) is 0.772. The molecule has 0 fully saturated rings. The highest BCUT2D eigenvalue weighted by molar-refractivity contribution is 5.91. The largest absolute Gasteiger partial charge is 0.479 e. The van der Waals surface area contributed by atoms with Gasteiger partial charge in [-0.05, 0) is 12.1 Å². The van der Waals surface area contributed by atoms with Gasteiger partial charge in [0, 0.05) is 0 Å². The Balaban J connectivity index is 2.40. The van der Waals surface area contributed by atoms with Gasteiger partial charge in [-0.2, -0.15) is 0 Å². The van der Waals surface area contributed by atoms with Crippen molar-refractivity contribution in [2.24, 2.45) is 0 Å².